The van der Waals surface area contributed by atoms with E-state index in [1.165, 1.54) is 18.3 Å². The van der Waals surface area contributed by atoms with Crippen LogP contribution >= 0.6 is 0 Å². The van der Waals surface area contributed by atoms with Gasteiger partial charge in [0.25, 0.3) is 5.91 Å². The summed E-state index contributed by atoms with van der Waals surface area (Å²) >= 11 is 0. The third-order valence-corrected chi connectivity index (χ3v) is 6.25. The van der Waals surface area contributed by atoms with Crippen LogP contribution in [-0.2, 0) is 5.91 Å². The Balaban J connectivity index is 1.63. The monoisotopic (exact) mass is 497 g/mol. The molecule has 0 aliphatic heterocycles. The molecule has 4 rings (SSSR count). The maximum Gasteiger partial charge on any atom is 0.312 e. The number of amides is 1. The van der Waals surface area contributed by atoms with E-state index in [1.54, 1.807) is 6.07 Å². The maximum absolute atomic E-state index is 12.0. The lowest BCUT2D eigenvalue weighted by molar-refractivity contribution is -0.366. The number of aromatic nitrogens is 5. The van der Waals surface area contributed by atoms with Gasteiger partial charge in [-0.25, -0.2) is 4.68 Å². The number of aliphatic hydroxyl groups is 4. The number of anilines is 3. The van der Waals surface area contributed by atoms with Crippen LogP contribution in [0.5, 0.6) is 0 Å². The highest BCUT2D eigenvalue weighted by atomic mass is 16.6. The van der Waals surface area contributed by atoms with E-state index in [-0.39, 0.29) is 29.0 Å². The Bertz CT molecular complexity index is 1260. The van der Waals surface area contributed by atoms with Gasteiger partial charge in [0.2, 0.25) is 5.95 Å². The van der Waals surface area contributed by atoms with E-state index in [0.717, 1.165) is 25.7 Å². The summed E-state index contributed by atoms with van der Waals surface area (Å²) in [6, 6.07) is 4.91. The van der Waals surface area contributed by atoms with Gasteiger partial charge in [-0.3, -0.25) is 4.79 Å². The zero-order chi connectivity index (χ0) is 26.3. The van der Waals surface area contributed by atoms with Gasteiger partial charge in [0.05, 0.1) is 11.7 Å². The molecule has 2 heterocycles. The van der Waals surface area contributed by atoms with Gasteiger partial charge in [0.15, 0.2) is 25.0 Å². The van der Waals surface area contributed by atoms with Crippen LogP contribution in [0.25, 0.3) is 10.9 Å². The Morgan fingerprint density at radius 3 is 2.58 bits per heavy atom. The number of hydrogen-bond donors (Lipinski definition) is 7. The summed E-state index contributed by atoms with van der Waals surface area (Å²) < 4.78 is 0.556. The predicted octanol–water partition coefficient (Wildman–Crippen LogP) is -1.25. The third-order valence-electron chi connectivity index (χ3n) is 6.25. The number of fused-ring (bicyclic) bond motifs is 1. The fourth-order valence-corrected chi connectivity index (χ4v) is 4.36. The zero-order valence-electron chi connectivity index (χ0n) is 19.8. The van der Waals surface area contributed by atoms with E-state index in [2.05, 4.69) is 35.8 Å². The number of carbonyl (C=O) groups excluding carboxylic acids is 1. The summed E-state index contributed by atoms with van der Waals surface area (Å²) in [5, 5.41) is 57.6. The van der Waals surface area contributed by atoms with E-state index in [9.17, 15) is 25.2 Å². The first-order chi connectivity index (χ1) is 16.9. The standard InChI is InChI=1S/C21H28BN9O5/c1-30(2)15-6-4-3-5-13(15)26-19-27-18(16(17(23)32)28-29-19)25-12-7-8-14-11(9-12)10-24-31(14)21(35,36)20(22,33)34/h7-10,13,15,33-36H,3-6H2,1-2H3,(H2,23,32)(H2,25,26,27,29)/t13-,15+/m1/s1. The molecule has 1 saturated carbocycles. The van der Waals surface area contributed by atoms with Crippen molar-refractivity contribution in [3.8, 4) is 0 Å². The average Bonchev–Trinajstić information content (AvgIpc) is 3.22. The number of likely N-dealkylation sites (N-methyl/N-ethyl adjacent to an activating group) is 1. The van der Waals surface area contributed by atoms with E-state index in [0.29, 0.717) is 21.8 Å². The number of carbonyl (C=O) groups is 1. The van der Waals surface area contributed by atoms with Crippen molar-refractivity contribution in [3.05, 3.63) is 30.1 Å². The summed E-state index contributed by atoms with van der Waals surface area (Å²) in [6.07, 6.45) is 5.46. The van der Waals surface area contributed by atoms with Crippen LogP contribution in [0.1, 0.15) is 36.2 Å². The Hall–Kier alpha value is -3.37. The van der Waals surface area contributed by atoms with Gasteiger partial charge in [-0.05, 0) is 45.1 Å². The lowest BCUT2D eigenvalue weighted by Gasteiger charge is -2.36. The molecule has 1 aliphatic rings. The van der Waals surface area contributed by atoms with E-state index >= 15 is 0 Å². The average molecular weight is 497 g/mol. The fraction of sp³-hybridized carbons (Fsp3) is 0.476. The molecular weight excluding hydrogens is 469 g/mol. The molecule has 2 atom stereocenters. The van der Waals surface area contributed by atoms with E-state index in [4.69, 9.17) is 13.6 Å². The molecule has 3 aromatic rings. The molecule has 15 heteroatoms. The van der Waals surface area contributed by atoms with Crippen LogP contribution in [0, 0.1) is 0 Å². The minimum absolute atomic E-state index is 0.0781. The molecule has 0 bridgehead atoms. The first kappa shape index (κ1) is 25.7. The quantitative estimate of drug-likeness (QED) is 0.144. The molecule has 0 spiro atoms. The number of rotatable bonds is 8. The molecule has 2 radical (unpaired) electrons. The van der Waals surface area contributed by atoms with Gasteiger partial charge < -0.3 is 41.7 Å². The second kappa shape index (κ2) is 9.59. The lowest BCUT2D eigenvalue weighted by atomic mass is 9.89. The highest BCUT2D eigenvalue weighted by Crippen LogP contribution is 2.29. The van der Waals surface area contributed by atoms with Gasteiger partial charge in [-0.15, -0.1) is 10.2 Å². The van der Waals surface area contributed by atoms with Crippen LogP contribution in [0.15, 0.2) is 24.4 Å². The topological polar surface area (TPSA) is 208 Å². The van der Waals surface area contributed by atoms with Crippen molar-refractivity contribution >= 4 is 42.1 Å². The second-order valence-electron chi connectivity index (χ2n) is 9.08. The van der Waals surface area contributed by atoms with Crippen LogP contribution in [0.4, 0.5) is 17.5 Å². The molecule has 1 aromatic carbocycles. The van der Waals surface area contributed by atoms with Crippen molar-refractivity contribution in [1.82, 2.24) is 29.9 Å². The van der Waals surface area contributed by atoms with Gasteiger partial charge in [-0.2, -0.15) is 10.1 Å². The van der Waals surface area contributed by atoms with E-state index in [1.807, 2.05) is 14.1 Å². The summed E-state index contributed by atoms with van der Waals surface area (Å²) in [6.45, 7) is 0. The van der Waals surface area contributed by atoms with Crippen molar-refractivity contribution in [2.24, 2.45) is 5.73 Å². The normalized spacial score (nSPS) is 19.0. The van der Waals surface area contributed by atoms with Crippen LogP contribution < -0.4 is 16.4 Å². The fourth-order valence-electron chi connectivity index (χ4n) is 4.36. The molecule has 1 fully saturated rings. The highest BCUT2D eigenvalue weighted by molar-refractivity contribution is 6.13. The minimum Gasteiger partial charge on any atom is -0.368 e. The smallest absolute Gasteiger partial charge is 0.312 e. The summed E-state index contributed by atoms with van der Waals surface area (Å²) in [4.78, 5) is 18.6. The van der Waals surface area contributed by atoms with Gasteiger partial charge >= 0.3 is 5.91 Å². The lowest BCUT2D eigenvalue weighted by Crippen LogP contribution is -2.56. The molecule has 8 N–H and O–H groups in total. The number of nitrogens with zero attached hydrogens (tertiary/aromatic N) is 6. The minimum atomic E-state index is -3.38. The zero-order valence-corrected chi connectivity index (χ0v) is 19.8. The number of primary amides is 1. The molecule has 1 aliphatic carbocycles. The SMILES string of the molecule is [B]C(O)(O)C(O)(O)n1ncc2cc(Nc3nc(N[C@@H]4CCCC[C@@H]4N(C)C)nnc3C(N)=O)ccc21. The third kappa shape index (κ3) is 4.96. The molecule has 190 valence electrons. The van der Waals surface area contributed by atoms with Crippen molar-refractivity contribution in [2.75, 3.05) is 24.7 Å². The largest absolute Gasteiger partial charge is 0.368 e. The summed E-state index contributed by atoms with van der Waals surface area (Å²) in [5.74, 6) is -3.80. The second-order valence-corrected chi connectivity index (χ2v) is 9.08. The van der Waals surface area contributed by atoms with Crippen LogP contribution in [-0.4, -0.2) is 95.9 Å². The van der Waals surface area contributed by atoms with Gasteiger partial charge in [-0.1, -0.05) is 12.8 Å². The van der Waals surface area contributed by atoms with E-state index < -0.39 is 17.5 Å². The molecule has 1 amide bonds. The molecule has 2 aromatic heterocycles. The number of nitrogens with two attached hydrogens (primary N) is 1. The number of hydrogen-bond acceptors (Lipinski definition) is 12. The molecular formula is C21H28BN9O5. The highest BCUT2D eigenvalue weighted by Gasteiger charge is 2.46. The molecule has 0 unspecified atom stereocenters. The van der Waals surface area contributed by atoms with Gasteiger partial charge in [0, 0.05) is 23.2 Å². The molecule has 14 nitrogen and oxygen atoms in total. The van der Waals surface area contributed by atoms with Crippen molar-refractivity contribution in [2.45, 2.75) is 49.4 Å². The number of benzene rings is 1. The van der Waals surface area contributed by atoms with Crippen molar-refractivity contribution in [1.29, 1.82) is 0 Å². The van der Waals surface area contributed by atoms with Gasteiger partial charge in [0.1, 0.15) is 0 Å². The first-order valence-electron chi connectivity index (χ1n) is 11.3. The Morgan fingerprint density at radius 1 is 1.19 bits per heavy atom. The Labute approximate surface area is 207 Å². The maximum atomic E-state index is 12.0. The van der Waals surface area contributed by atoms with Crippen LogP contribution in [0.2, 0.25) is 0 Å². The molecule has 0 saturated heterocycles. The Kier molecular flexibility index (Phi) is 6.85. The van der Waals surface area contributed by atoms with Crippen LogP contribution in [0.3, 0.4) is 0 Å². The first-order valence-corrected chi connectivity index (χ1v) is 11.3. The van der Waals surface area contributed by atoms with Crippen molar-refractivity contribution < 1.29 is 25.2 Å². The summed E-state index contributed by atoms with van der Waals surface area (Å²) in [7, 11) is 9.09. The van der Waals surface area contributed by atoms with Crippen molar-refractivity contribution in [3.63, 3.8) is 0 Å². The Morgan fingerprint density at radius 2 is 1.92 bits per heavy atom. The number of nitrogens with one attached hydrogen (secondary N) is 2. The predicted molar refractivity (Wildman–Crippen MR) is 130 cm³/mol. The molecule has 36 heavy (non-hydrogen) atoms. The summed E-state index contributed by atoms with van der Waals surface area (Å²) in [5.41, 5.74) is 2.50.